The van der Waals surface area contributed by atoms with Crippen molar-refractivity contribution in [3.05, 3.63) is 35.9 Å². The molecule has 108 valence electrons. The summed E-state index contributed by atoms with van der Waals surface area (Å²) in [5.41, 5.74) is 0.826. The lowest BCUT2D eigenvalue weighted by Gasteiger charge is -2.14. The Balaban J connectivity index is 2.41. The Labute approximate surface area is 116 Å². The highest BCUT2D eigenvalue weighted by Crippen LogP contribution is 2.03. The van der Waals surface area contributed by atoms with Gasteiger partial charge in [-0.3, -0.25) is 9.59 Å². The lowest BCUT2D eigenvalue weighted by Crippen LogP contribution is -2.40. The van der Waals surface area contributed by atoms with Gasteiger partial charge in [0.05, 0.1) is 6.04 Å². The van der Waals surface area contributed by atoms with Gasteiger partial charge in [-0.05, 0) is 18.9 Å². The summed E-state index contributed by atoms with van der Waals surface area (Å²) < 4.78 is 4.97. The molecule has 1 rings (SSSR count). The molecule has 0 aliphatic rings. The van der Waals surface area contributed by atoms with Crippen LogP contribution in [0, 0.1) is 0 Å². The molecule has 0 unspecified atom stereocenters. The number of Topliss-reactive ketones (excluding diaryl/α,β-unsaturated/α-hetero) is 1. The zero-order chi connectivity index (χ0) is 15.0. The van der Waals surface area contributed by atoms with Gasteiger partial charge in [0.2, 0.25) is 0 Å². The molecule has 0 spiro atoms. The number of hydrogen-bond acceptors (Lipinski definition) is 4. The fourth-order valence-electron chi connectivity index (χ4n) is 1.55. The quantitative estimate of drug-likeness (QED) is 0.793. The molecular weight excluding hydrogens is 262 g/mol. The molecule has 1 aromatic rings. The van der Waals surface area contributed by atoms with E-state index in [2.05, 4.69) is 5.32 Å². The molecule has 1 aromatic carbocycles. The second kappa shape index (κ2) is 7.93. The third kappa shape index (κ3) is 5.99. The van der Waals surface area contributed by atoms with Gasteiger partial charge in [0.1, 0.15) is 6.61 Å². The highest BCUT2D eigenvalue weighted by Gasteiger charge is 2.18. The zero-order valence-electron chi connectivity index (χ0n) is 11.2. The third-order valence-corrected chi connectivity index (χ3v) is 2.64. The number of carbonyl (C=O) groups is 3. The highest BCUT2D eigenvalue weighted by atomic mass is 16.5. The second-order valence-electron chi connectivity index (χ2n) is 4.30. The maximum absolute atomic E-state index is 11.5. The molecule has 0 fully saturated rings. The predicted octanol–water partition coefficient (Wildman–Crippen LogP) is 1.74. The van der Waals surface area contributed by atoms with E-state index in [-0.39, 0.29) is 25.2 Å². The van der Waals surface area contributed by atoms with Gasteiger partial charge in [-0.2, -0.15) is 0 Å². The van der Waals surface area contributed by atoms with E-state index in [1.807, 2.05) is 18.2 Å². The maximum Gasteiger partial charge on any atom is 0.408 e. The summed E-state index contributed by atoms with van der Waals surface area (Å²) in [6.07, 6.45) is -0.881. The molecule has 6 heteroatoms. The van der Waals surface area contributed by atoms with E-state index in [1.54, 1.807) is 12.1 Å². The first-order valence-corrected chi connectivity index (χ1v) is 6.18. The Kier molecular flexibility index (Phi) is 6.22. The number of alkyl carbamates (subject to hydrolysis) is 1. The monoisotopic (exact) mass is 279 g/mol. The van der Waals surface area contributed by atoms with Gasteiger partial charge in [0.15, 0.2) is 5.78 Å². The van der Waals surface area contributed by atoms with Crippen LogP contribution in [0.25, 0.3) is 0 Å². The van der Waals surface area contributed by atoms with Crippen LogP contribution in [0.3, 0.4) is 0 Å². The van der Waals surface area contributed by atoms with Crippen molar-refractivity contribution in [1.29, 1.82) is 0 Å². The molecule has 2 N–H and O–H groups in total. The molecular formula is C14H17NO5. The van der Waals surface area contributed by atoms with Crippen LogP contribution in [0.2, 0.25) is 0 Å². The van der Waals surface area contributed by atoms with Crippen molar-refractivity contribution in [2.45, 2.75) is 32.4 Å². The number of ketones is 1. The largest absolute Gasteiger partial charge is 0.481 e. The van der Waals surface area contributed by atoms with Gasteiger partial charge in [-0.15, -0.1) is 0 Å². The molecule has 0 radical (unpaired) electrons. The van der Waals surface area contributed by atoms with Crippen LogP contribution in [-0.2, 0) is 20.9 Å². The van der Waals surface area contributed by atoms with Crippen LogP contribution >= 0.6 is 0 Å². The molecule has 0 bridgehead atoms. The molecule has 6 nitrogen and oxygen atoms in total. The molecule has 20 heavy (non-hydrogen) atoms. The number of benzene rings is 1. The Morgan fingerprint density at radius 3 is 2.45 bits per heavy atom. The fourth-order valence-corrected chi connectivity index (χ4v) is 1.55. The minimum atomic E-state index is -1.02. The number of amides is 1. The van der Waals surface area contributed by atoms with E-state index in [9.17, 15) is 14.4 Å². The van der Waals surface area contributed by atoms with E-state index in [1.165, 1.54) is 6.92 Å². The lowest BCUT2D eigenvalue weighted by molar-refractivity contribution is -0.137. The van der Waals surface area contributed by atoms with Crippen molar-refractivity contribution in [3.8, 4) is 0 Å². The fraction of sp³-hybridized carbons (Fsp3) is 0.357. The number of carboxylic acids is 1. The molecule has 0 saturated carbocycles. The minimum absolute atomic E-state index is 0.0467. The first kappa shape index (κ1) is 15.7. The van der Waals surface area contributed by atoms with Gasteiger partial charge in [-0.25, -0.2) is 4.79 Å². The van der Waals surface area contributed by atoms with Crippen molar-refractivity contribution in [3.63, 3.8) is 0 Å². The lowest BCUT2D eigenvalue weighted by atomic mass is 10.1. The van der Waals surface area contributed by atoms with Crippen molar-refractivity contribution < 1.29 is 24.2 Å². The highest BCUT2D eigenvalue weighted by molar-refractivity contribution is 5.85. The van der Waals surface area contributed by atoms with Crippen LogP contribution in [0.4, 0.5) is 4.79 Å². The summed E-state index contributed by atoms with van der Waals surface area (Å²) >= 11 is 0. The summed E-state index contributed by atoms with van der Waals surface area (Å²) in [7, 11) is 0. The van der Waals surface area contributed by atoms with Crippen molar-refractivity contribution in [2.75, 3.05) is 0 Å². The molecule has 1 amide bonds. The van der Waals surface area contributed by atoms with Crippen molar-refractivity contribution >= 4 is 17.8 Å². The van der Waals surface area contributed by atoms with E-state index in [4.69, 9.17) is 9.84 Å². The van der Waals surface area contributed by atoms with E-state index >= 15 is 0 Å². The van der Waals surface area contributed by atoms with Crippen LogP contribution in [0.15, 0.2) is 30.3 Å². The summed E-state index contributed by atoms with van der Waals surface area (Å²) in [5.74, 6) is -1.32. The Morgan fingerprint density at radius 1 is 1.25 bits per heavy atom. The number of carbonyl (C=O) groups excluding carboxylic acids is 2. The maximum atomic E-state index is 11.5. The van der Waals surface area contributed by atoms with Gasteiger partial charge in [-0.1, -0.05) is 30.3 Å². The Morgan fingerprint density at radius 2 is 1.90 bits per heavy atom. The normalized spacial score (nSPS) is 11.4. The van der Waals surface area contributed by atoms with Gasteiger partial charge in [0.25, 0.3) is 0 Å². The summed E-state index contributed by atoms with van der Waals surface area (Å²) in [6.45, 7) is 1.39. The van der Waals surface area contributed by atoms with Crippen molar-refractivity contribution in [2.24, 2.45) is 0 Å². The van der Waals surface area contributed by atoms with Crippen LogP contribution in [0.5, 0.6) is 0 Å². The molecule has 0 aromatic heterocycles. The van der Waals surface area contributed by atoms with E-state index in [0.717, 1.165) is 5.56 Å². The summed E-state index contributed by atoms with van der Waals surface area (Å²) in [6, 6.07) is 8.26. The topological polar surface area (TPSA) is 92.7 Å². The third-order valence-electron chi connectivity index (χ3n) is 2.64. The van der Waals surface area contributed by atoms with Crippen LogP contribution < -0.4 is 5.32 Å². The smallest absolute Gasteiger partial charge is 0.408 e. The Hall–Kier alpha value is -2.37. The molecule has 0 saturated heterocycles. The number of hydrogen-bond donors (Lipinski definition) is 2. The van der Waals surface area contributed by atoms with Crippen LogP contribution in [0.1, 0.15) is 25.3 Å². The van der Waals surface area contributed by atoms with Gasteiger partial charge >= 0.3 is 12.1 Å². The first-order valence-electron chi connectivity index (χ1n) is 6.18. The number of carboxylic acid groups (broad SMARTS) is 1. The molecule has 0 heterocycles. The molecule has 0 aliphatic heterocycles. The average Bonchev–Trinajstić information content (AvgIpc) is 2.41. The zero-order valence-corrected chi connectivity index (χ0v) is 11.2. The minimum Gasteiger partial charge on any atom is -0.481 e. The number of aliphatic carboxylic acids is 1. The molecule has 1 atom stereocenters. The SMILES string of the molecule is CC(=O)[C@H](CCC(=O)O)NC(=O)OCc1ccccc1. The standard InChI is InChI=1S/C14H17NO5/c1-10(16)12(7-8-13(17)18)15-14(19)20-9-11-5-3-2-4-6-11/h2-6,12H,7-9H2,1H3,(H,15,19)(H,17,18)/t12-/m0/s1. The first-order chi connectivity index (χ1) is 9.49. The number of rotatable bonds is 7. The van der Waals surface area contributed by atoms with Crippen molar-refractivity contribution in [1.82, 2.24) is 5.32 Å². The average molecular weight is 279 g/mol. The summed E-state index contributed by atoms with van der Waals surface area (Å²) in [5, 5.41) is 10.9. The Bertz CT molecular complexity index is 472. The van der Waals surface area contributed by atoms with E-state index < -0.39 is 18.1 Å². The summed E-state index contributed by atoms with van der Waals surface area (Å²) in [4.78, 5) is 33.3. The molecule has 0 aliphatic carbocycles. The second-order valence-corrected chi connectivity index (χ2v) is 4.30. The number of ether oxygens (including phenoxy) is 1. The van der Waals surface area contributed by atoms with Gasteiger partial charge < -0.3 is 15.2 Å². The predicted molar refractivity (Wildman–Crippen MR) is 71.1 cm³/mol. The van der Waals surface area contributed by atoms with Crippen LogP contribution in [-0.4, -0.2) is 29.0 Å². The van der Waals surface area contributed by atoms with E-state index in [0.29, 0.717) is 0 Å². The van der Waals surface area contributed by atoms with Gasteiger partial charge in [0, 0.05) is 6.42 Å². The number of nitrogens with one attached hydrogen (secondary N) is 1.